The van der Waals surface area contributed by atoms with Crippen LogP contribution in [0.1, 0.15) is 37.2 Å². The lowest BCUT2D eigenvalue weighted by molar-refractivity contribution is -0.121. The lowest BCUT2D eigenvalue weighted by Gasteiger charge is -2.06. The van der Waals surface area contributed by atoms with E-state index in [4.69, 9.17) is 0 Å². The van der Waals surface area contributed by atoms with Crippen LogP contribution in [0.4, 0.5) is 0 Å². The van der Waals surface area contributed by atoms with E-state index in [-0.39, 0.29) is 5.91 Å². The van der Waals surface area contributed by atoms with E-state index in [1.165, 1.54) is 5.56 Å². The largest absolute Gasteiger partial charge is 0.355 e. The van der Waals surface area contributed by atoms with E-state index in [2.05, 4.69) is 22.7 Å². The van der Waals surface area contributed by atoms with Crippen LogP contribution in [0.15, 0.2) is 0 Å². The molecule has 0 atom stereocenters. The van der Waals surface area contributed by atoms with Crippen LogP contribution in [0.2, 0.25) is 0 Å². The summed E-state index contributed by atoms with van der Waals surface area (Å²) in [6.07, 6.45) is 1.12. The van der Waals surface area contributed by atoms with Gasteiger partial charge in [-0.1, -0.05) is 6.92 Å². The third kappa shape index (κ3) is 3.84. The molecule has 0 spiro atoms. The first-order chi connectivity index (χ1) is 8.60. The molecule has 0 saturated heterocycles. The zero-order chi connectivity index (χ0) is 13.5. The highest BCUT2D eigenvalue weighted by molar-refractivity contribution is 5.75. The van der Waals surface area contributed by atoms with Gasteiger partial charge in [0.1, 0.15) is 6.54 Å². The Balaban J connectivity index is 2.70. The Labute approximate surface area is 109 Å². The van der Waals surface area contributed by atoms with Crippen LogP contribution in [0.25, 0.3) is 0 Å². The summed E-state index contributed by atoms with van der Waals surface area (Å²) in [5.41, 5.74) is 3.27. The van der Waals surface area contributed by atoms with E-state index in [1.54, 1.807) is 4.68 Å². The minimum absolute atomic E-state index is 0.0103. The number of nitrogens with one attached hydrogen (secondary N) is 2. The molecule has 0 saturated carbocycles. The minimum atomic E-state index is 0.0103. The number of carbonyl (C=O) groups excluding carboxylic acids is 1. The SMILES string of the molecule is CCCNCc1c(C)nn(CC(=O)NCC)c1C. The van der Waals surface area contributed by atoms with Crippen molar-refractivity contribution in [1.29, 1.82) is 0 Å². The van der Waals surface area contributed by atoms with E-state index in [1.807, 2.05) is 20.8 Å². The molecule has 2 N–H and O–H groups in total. The fraction of sp³-hybridized carbons (Fsp3) is 0.692. The fourth-order valence-electron chi connectivity index (χ4n) is 1.92. The number of carbonyl (C=O) groups is 1. The van der Waals surface area contributed by atoms with Crippen molar-refractivity contribution in [3.05, 3.63) is 17.0 Å². The van der Waals surface area contributed by atoms with Gasteiger partial charge >= 0.3 is 0 Å². The molecule has 0 unspecified atom stereocenters. The zero-order valence-corrected chi connectivity index (χ0v) is 11.8. The van der Waals surface area contributed by atoms with Crippen molar-refractivity contribution in [3.63, 3.8) is 0 Å². The summed E-state index contributed by atoms with van der Waals surface area (Å²) in [7, 11) is 0. The number of rotatable bonds is 7. The van der Waals surface area contributed by atoms with Crippen LogP contribution >= 0.6 is 0 Å². The Bertz CT molecular complexity index is 398. The third-order valence-corrected chi connectivity index (χ3v) is 2.93. The van der Waals surface area contributed by atoms with Gasteiger partial charge in [0.05, 0.1) is 5.69 Å². The average Bonchev–Trinajstić information content (AvgIpc) is 2.57. The van der Waals surface area contributed by atoms with Crippen LogP contribution in [-0.4, -0.2) is 28.8 Å². The van der Waals surface area contributed by atoms with Crippen molar-refractivity contribution < 1.29 is 4.79 Å². The Morgan fingerprint density at radius 3 is 2.67 bits per heavy atom. The Hall–Kier alpha value is -1.36. The molecule has 1 amide bonds. The highest BCUT2D eigenvalue weighted by Crippen LogP contribution is 2.12. The molecule has 18 heavy (non-hydrogen) atoms. The topological polar surface area (TPSA) is 59.0 Å². The van der Waals surface area contributed by atoms with Gasteiger partial charge in [0.25, 0.3) is 0 Å². The molecule has 1 aromatic rings. The van der Waals surface area contributed by atoms with Gasteiger partial charge in [-0.05, 0) is 33.7 Å². The molecule has 0 aromatic carbocycles. The molecule has 0 aliphatic carbocycles. The van der Waals surface area contributed by atoms with E-state index in [0.29, 0.717) is 13.1 Å². The molecule has 5 heteroatoms. The van der Waals surface area contributed by atoms with Crippen molar-refractivity contribution in [2.24, 2.45) is 0 Å². The minimum Gasteiger partial charge on any atom is -0.355 e. The average molecular weight is 252 g/mol. The Morgan fingerprint density at radius 1 is 1.33 bits per heavy atom. The molecule has 0 fully saturated rings. The third-order valence-electron chi connectivity index (χ3n) is 2.93. The molecule has 0 aliphatic heterocycles. The number of aryl methyl sites for hydroxylation is 1. The number of hydrogen-bond acceptors (Lipinski definition) is 3. The van der Waals surface area contributed by atoms with Gasteiger partial charge in [-0.2, -0.15) is 5.10 Å². The van der Waals surface area contributed by atoms with Crippen molar-refractivity contribution >= 4 is 5.91 Å². The van der Waals surface area contributed by atoms with Crippen LogP contribution in [-0.2, 0) is 17.9 Å². The molecule has 1 heterocycles. The molecule has 1 rings (SSSR count). The van der Waals surface area contributed by atoms with Crippen molar-refractivity contribution in [1.82, 2.24) is 20.4 Å². The second-order valence-electron chi connectivity index (χ2n) is 4.44. The maximum atomic E-state index is 11.6. The number of hydrogen-bond donors (Lipinski definition) is 2. The molecule has 102 valence electrons. The van der Waals surface area contributed by atoms with Gasteiger partial charge in [-0.15, -0.1) is 0 Å². The van der Waals surface area contributed by atoms with Crippen LogP contribution in [0, 0.1) is 13.8 Å². The van der Waals surface area contributed by atoms with Crippen LogP contribution < -0.4 is 10.6 Å². The standard InChI is InChI=1S/C13H24N4O/c1-5-7-14-8-12-10(3)16-17(11(12)4)9-13(18)15-6-2/h14H,5-9H2,1-4H3,(H,15,18). The highest BCUT2D eigenvalue weighted by Gasteiger charge is 2.12. The molecular weight excluding hydrogens is 228 g/mol. The van der Waals surface area contributed by atoms with Gasteiger partial charge in [-0.3, -0.25) is 9.48 Å². The second kappa shape index (κ2) is 7.16. The summed E-state index contributed by atoms with van der Waals surface area (Å²) in [5, 5.41) is 10.6. The Kier molecular flexibility index (Phi) is 5.85. The van der Waals surface area contributed by atoms with Crippen molar-refractivity contribution in [2.75, 3.05) is 13.1 Å². The summed E-state index contributed by atoms with van der Waals surface area (Å²) in [4.78, 5) is 11.6. The molecule has 0 aliphatic rings. The normalized spacial score (nSPS) is 10.7. The number of amides is 1. The van der Waals surface area contributed by atoms with Crippen LogP contribution in [0.5, 0.6) is 0 Å². The quantitative estimate of drug-likeness (QED) is 0.715. The van der Waals surface area contributed by atoms with E-state index in [9.17, 15) is 4.79 Å². The first-order valence-electron chi connectivity index (χ1n) is 6.60. The van der Waals surface area contributed by atoms with Gasteiger partial charge in [0.15, 0.2) is 0 Å². The first-order valence-corrected chi connectivity index (χ1v) is 6.60. The van der Waals surface area contributed by atoms with E-state index >= 15 is 0 Å². The van der Waals surface area contributed by atoms with Gasteiger partial charge in [-0.25, -0.2) is 0 Å². The maximum Gasteiger partial charge on any atom is 0.241 e. The second-order valence-corrected chi connectivity index (χ2v) is 4.44. The molecule has 1 aromatic heterocycles. The summed E-state index contributed by atoms with van der Waals surface area (Å²) in [6, 6.07) is 0. The smallest absolute Gasteiger partial charge is 0.241 e. The molecular formula is C13H24N4O. The maximum absolute atomic E-state index is 11.6. The molecule has 5 nitrogen and oxygen atoms in total. The lowest BCUT2D eigenvalue weighted by atomic mass is 10.2. The van der Waals surface area contributed by atoms with E-state index in [0.717, 1.165) is 30.9 Å². The summed E-state index contributed by atoms with van der Waals surface area (Å²) in [6.45, 7) is 10.8. The number of aromatic nitrogens is 2. The molecule has 0 bridgehead atoms. The summed E-state index contributed by atoms with van der Waals surface area (Å²) in [5.74, 6) is 0.0103. The number of nitrogens with zero attached hydrogens (tertiary/aromatic N) is 2. The van der Waals surface area contributed by atoms with Gasteiger partial charge in [0.2, 0.25) is 5.91 Å². The fourth-order valence-corrected chi connectivity index (χ4v) is 1.92. The first kappa shape index (κ1) is 14.7. The lowest BCUT2D eigenvalue weighted by Crippen LogP contribution is -2.28. The molecule has 0 radical (unpaired) electrons. The van der Waals surface area contributed by atoms with Crippen molar-refractivity contribution in [2.45, 2.75) is 47.2 Å². The van der Waals surface area contributed by atoms with Crippen LogP contribution in [0.3, 0.4) is 0 Å². The predicted molar refractivity (Wildman–Crippen MR) is 72.4 cm³/mol. The number of likely N-dealkylation sites (N-methyl/N-ethyl adjacent to an activating group) is 1. The predicted octanol–water partition coefficient (Wildman–Crippen LogP) is 1.14. The van der Waals surface area contributed by atoms with Crippen molar-refractivity contribution in [3.8, 4) is 0 Å². The summed E-state index contributed by atoms with van der Waals surface area (Å²) >= 11 is 0. The van der Waals surface area contributed by atoms with Gasteiger partial charge < -0.3 is 10.6 Å². The summed E-state index contributed by atoms with van der Waals surface area (Å²) < 4.78 is 1.78. The monoisotopic (exact) mass is 252 g/mol. The zero-order valence-electron chi connectivity index (χ0n) is 11.8. The Morgan fingerprint density at radius 2 is 2.06 bits per heavy atom. The highest BCUT2D eigenvalue weighted by atomic mass is 16.2. The van der Waals surface area contributed by atoms with Gasteiger partial charge in [0, 0.05) is 24.3 Å². The van der Waals surface area contributed by atoms with E-state index < -0.39 is 0 Å².